The first kappa shape index (κ1) is 16.6. The number of rotatable bonds is 0. The lowest BCUT2D eigenvalue weighted by Crippen LogP contribution is -2.73. The van der Waals surface area contributed by atoms with Crippen LogP contribution in [0.2, 0.25) is 0 Å². The molecule has 0 amide bonds. The summed E-state index contributed by atoms with van der Waals surface area (Å²) < 4.78 is 50.1. The zero-order valence-electron chi connectivity index (χ0n) is 13.0. The van der Waals surface area contributed by atoms with Crippen LogP contribution in [0.25, 0.3) is 0 Å². The molecule has 0 aromatic rings. The molecular weight excluding hydrogens is 381 g/mol. The van der Waals surface area contributed by atoms with Crippen molar-refractivity contribution in [3.8, 4) is 0 Å². The maximum absolute atomic E-state index is 13.7. The molecule has 0 N–H and O–H groups in total. The Morgan fingerprint density at radius 2 is 1.83 bits per heavy atom. The molecule has 23 heavy (non-hydrogen) atoms. The van der Waals surface area contributed by atoms with E-state index in [-0.39, 0.29) is 11.8 Å². The summed E-state index contributed by atoms with van der Waals surface area (Å²) in [4.78, 5) is 11.3. The van der Waals surface area contributed by atoms with E-state index in [1.54, 1.807) is 13.8 Å². The normalized spacial score (nSPS) is 56.1. The van der Waals surface area contributed by atoms with E-state index in [2.05, 4.69) is 15.9 Å². The molecular formula is C15H20BrF3O4. The summed E-state index contributed by atoms with van der Waals surface area (Å²) in [5.41, 5.74) is -0.948. The summed E-state index contributed by atoms with van der Waals surface area (Å²) in [5.74, 6) is -2.12. The van der Waals surface area contributed by atoms with Gasteiger partial charge in [0.05, 0.1) is 0 Å². The minimum absolute atomic E-state index is 0.0864. The van der Waals surface area contributed by atoms with E-state index in [4.69, 9.17) is 19.2 Å². The standard InChI is InChI=1S/C15H20BrF3O4/c1-8-10-5-3-4-9-6-7-12(2)20-11(13(9,10)23-22-12)21-14(8,16)15(17,18)19/h8-11H,3-7H2,1-2H3/t8-,9?,10+,11+,12+,13-,14-/m1/s1. The van der Waals surface area contributed by atoms with Crippen LogP contribution in [0.4, 0.5) is 13.2 Å². The van der Waals surface area contributed by atoms with Crippen LogP contribution < -0.4 is 0 Å². The average Bonchev–Trinajstić information content (AvgIpc) is 2.68. The first-order valence-electron chi connectivity index (χ1n) is 8.10. The van der Waals surface area contributed by atoms with Gasteiger partial charge < -0.3 is 9.47 Å². The van der Waals surface area contributed by atoms with Crippen LogP contribution in [0.3, 0.4) is 0 Å². The first-order valence-corrected chi connectivity index (χ1v) is 8.90. The molecule has 7 atom stereocenters. The van der Waals surface area contributed by atoms with Gasteiger partial charge in [0.15, 0.2) is 11.9 Å². The van der Waals surface area contributed by atoms with E-state index < -0.39 is 34.3 Å². The van der Waals surface area contributed by atoms with Gasteiger partial charge >= 0.3 is 6.18 Å². The minimum atomic E-state index is -4.54. The lowest BCUT2D eigenvalue weighted by atomic mass is 9.60. The Kier molecular flexibility index (Phi) is 3.49. The molecule has 1 aliphatic carbocycles. The summed E-state index contributed by atoms with van der Waals surface area (Å²) in [5, 5.41) is 0. The van der Waals surface area contributed by atoms with Gasteiger partial charge in [-0.25, -0.2) is 9.78 Å². The van der Waals surface area contributed by atoms with E-state index in [0.717, 1.165) is 19.3 Å². The van der Waals surface area contributed by atoms with Gasteiger partial charge in [0.1, 0.15) is 0 Å². The van der Waals surface area contributed by atoms with Crippen molar-refractivity contribution < 1.29 is 32.4 Å². The summed E-state index contributed by atoms with van der Waals surface area (Å²) in [7, 11) is 0. The van der Waals surface area contributed by atoms with Gasteiger partial charge in [-0.05, 0) is 48.0 Å². The maximum atomic E-state index is 13.7. The van der Waals surface area contributed by atoms with Gasteiger partial charge in [-0.3, -0.25) is 0 Å². The monoisotopic (exact) mass is 400 g/mol. The summed E-state index contributed by atoms with van der Waals surface area (Å²) in [6.45, 7) is 3.26. The first-order chi connectivity index (χ1) is 10.6. The summed E-state index contributed by atoms with van der Waals surface area (Å²) in [6, 6.07) is 0. The number of hydrogen-bond acceptors (Lipinski definition) is 4. The number of alkyl halides is 4. The fraction of sp³-hybridized carbons (Fsp3) is 1.00. The van der Waals surface area contributed by atoms with E-state index >= 15 is 0 Å². The van der Waals surface area contributed by atoms with Crippen LogP contribution in [0.1, 0.15) is 46.0 Å². The van der Waals surface area contributed by atoms with Crippen molar-refractivity contribution in [2.24, 2.45) is 17.8 Å². The molecule has 2 bridgehead atoms. The molecule has 4 heterocycles. The highest BCUT2D eigenvalue weighted by atomic mass is 79.9. The lowest BCUT2D eigenvalue weighted by Gasteiger charge is -2.61. The van der Waals surface area contributed by atoms with Crippen LogP contribution in [-0.2, 0) is 19.2 Å². The Morgan fingerprint density at radius 3 is 2.52 bits per heavy atom. The molecule has 1 saturated carbocycles. The van der Waals surface area contributed by atoms with Crippen LogP contribution in [0.15, 0.2) is 0 Å². The highest BCUT2D eigenvalue weighted by Gasteiger charge is 2.75. The molecule has 8 heteroatoms. The Morgan fingerprint density at radius 1 is 1.09 bits per heavy atom. The van der Waals surface area contributed by atoms with Gasteiger partial charge in [-0.1, -0.05) is 13.3 Å². The third-order valence-electron chi connectivity index (χ3n) is 6.17. The minimum Gasteiger partial charge on any atom is -0.322 e. The molecule has 1 spiro atoms. The SMILES string of the molecule is C[C@@H]1[C@@H]2CCCC3CC[C@]4(C)OO[C@]32[C@@H](O4)O[C@@]1(Br)C(F)(F)F. The van der Waals surface area contributed by atoms with Crippen molar-refractivity contribution in [1.29, 1.82) is 0 Å². The molecule has 0 radical (unpaired) electrons. The third kappa shape index (κ3) is 2.05. The van der Waals surface area contributed by atoms with Gasteiger partial charge in [0.2, 0.25) is 10.3 Å². The molecule has 4 saturated heterocycles. The maximum Gasteiger partial charge on any atom is 0.427 e. The van der Waals surface area contributed by atoms with Crippen LogP contribution >= 0.6 is 15.9 Å². The van der Waals surface area contributed by atoms with Crippen LogP contribution in [-0.4, -0.2) is 28.4 Å². The van der Waals surface area contributed by atoms with E-state index in [9.17, 15) is 13.2 Å². The second-order valence-corrected chi connectivity index (χ2v) is 8.60. The number of ether oxygens (including phenoxy) is 2. The van der Waals surface area contributed by atoms with Crippen molar-refractivity contribution in [3.63, 3.8) is 0 Å². The zero-order valence-corrected chi connectivity index (χ0v) is 14.6. The highest BCUT2D eigenvalue weighted by molar-refractivity contribution is 9.10. The molecule has 132 valence electrons. The molecule has 5 rings (SSSR count). The van der Waals surface area contributed by atoms with Crippen molar-refractivity contribution in [2.75, 3.05) is 0 Å². The number of fused-ring (bicyclic) bond motifs is 2. The third-order valence-corrected chi connectivity index (χ3v) is 7.53. The molecule has 0 aromatic heterocycles. The summed E-state index contributed by atoms with van der Waals surface area (Å²) in [6.07, 6.45) is -1.82. The predicted molar refractivity (Wildman–Crippen MR) is 76.2 cm³/mol. The number of halogens is 4. The Balaban J connectivity index is 1.82. The zero-order chi connectivity index (χ0) is 16.7. The second-order valence-electron chi connectivity index (χ2n) is 7.43. The largest absolute Gasteiger partial charge is 0.427 e. The van der Waals surface area contributed by atoms with Gasteiger partial charge in [-0.15, -0.1) is 0 Å². The molecule has 1 unspecified atom stereocenters. The fourth-order valence-corrected chi connectivity index (χ4v) is 5.37. The van der Waals surface area contributed by atoms with Gasteiger partial charge in [-0.2, -0.15) is 13.2 Å². The van der Waals surface area contributed by atoms with E-state index in [1.165, 1.54) is 0 Å². The van der Waals surface area contributed by atoms with E-state index in [0.29, 0.717) is 12.8 Å². The van der Waals surface area contributed by atoms with Crippen molar-refractivity contribution in [3.05, 3.63) is 0 Å². The van der Waals surface area contributed by atoms with E-state index in [1.807, 2.05) is 0 Å². The Bertz CT molecular complexity index is 517. The van der Waals surface area contributed by atoms with Crippen molar-refractivity contribution in [1.82, 2.24) is 0 Å². The molecule has 5 fully saturated rings. The molecule has 5 aliphatic rings. The Hall–Kier alpha value is 0.110. The highest BCUT2D eigenvalue weighted by Crippen LogP contribution is 2.64. The average molecular weight is 401 g/mol. The number of hydrogen-bond donors (Lipinski definition) is 0. The second kappa shape index (κ2) is 4.84. The van der Waals surface area contributed by atoms with Gasteiger partial charge in [0, 0.05) is 18.3 Å². The van der Waals surface area contributed by atoms with Crippen LogP contribution in [0.5, 0.6) is 0 Å². The topological polar surface area (TPSA) is 36.9 Å². The van der Waals surface area contributed by atoms with Crippen LogP contribution in [0, 0.1) is 17.8 Å². The predicted octanol–water partition coefficient (Wildman–Crippen LogP) is 4.28. The molecule has 0 aromatic carbocycles. The van der Waals surface area contributed by atoms with Crippen molar-refractivity contribution >= 4 is 15.9 Å². The summed E-state index contributed by atoms with van der Waals surface area (Å²) >= 11 is 2.86. The molecule has 4 nitrogen and oxygen atoms in total. The quantitative estimate of drug-likeness (QED) is 0.449. The lowest BCUT2D eigenvalue weighted by molar-refractivity contribution is -0.576. The molecule has 4 aliphatic heterocycles. The fourth-order valence-electron chi connectivity index (χ4n) is 4.88. The van der Waals surface area contributed by atoms with Gasteiger partial charge in [0.25, 0.3) is 0 Å². The smallest absolute Gasteiger partial charge is 0.322 e. The van der Waals surface area contributed by atoms with Crippen molar-refractivity contribution in [2.45, 2.75) is 74.3 Å². The Labute approximate surface area is 141 Å².